The number of rotatable bonds is 9. The van der Waals surface area contributed by atoms with Crippen LogP contribution in [-0.2, 0) is 17.6 Å². The molecule has 0 aliphatic heterocycles. The molecule has 0 radical (unpaired) electrons. The van der Waals surface area contributed by atoms with Gasteiger partial charge in [0, 0.05) is 39.0 Å². The maximum atomic E-state index is 12.8. The van der Waals surface area contributed by atoms with Gasteiger partial charge >= 0.3 is 0 Å². The largest absolute Gasteiger partial charge is 0.345 e. The molecule has 1 amide bonds. The summed E-state index contributed by atoms with van der Waals surface area (Å²) in [5.74, 6) is -0.0783. The van der Waals surface area contributed by atoms with Crippen molar-refractivity contribution >= 4 is 5.91 Å². The highest BCUT2D eigenvalue weighted by Crippen LogP contribution is 2.03. The molecule has 1 N–H and O–H groups in total. The van der Waals surface area contributed by atoms with Crippen LogP contribution in [0.4, 0.5) is 4.39 Å². The zero-order valence-electron chi connectivity index (χ0n) is 14.0. The van der Waals surface area contributed by atoms with Gasteiger partial charge in [0.1, 0.15) is 5.82 Å². The van der Waals surface area contributed by atoms with Gasteiger partial charge in [-0.1, -0.05) is 12.1 Å². The third-order valence-electron chi connectivity index (χ3n) is 3.93. The van der Waals surface area contributed by atoms with Crippen LogP contribution in [0.25, 0.3) is 0 Å². The van der Waals surface area contributed by atoms with Crippen LogP contribution in [0.15, 0.2) is 48.8 Å². The minimum absolute atomic E-state index is 0.137. The van der Waals surface area contributed by atoms with Gasteiger partial charge in [-0.05, 0) is 54.8 Å². The Bertz CT molecular complexity index is 616. The van der Waals surface area contributed by atoms with Crippen molar-refractivity contribution in [1.82, 2.24) is 15.2 Å². The number of hydrogen-bond acceptors (Lipinski definition) is 3. The van der Waals surface area contributed by atoms with Crippen LogP contribution in [-0.4, -0.2) is 42.5 Å². The lowest BCUT2D eigenvalue weighted by Crippen LogP contribution is -2.32. The highest BCUT2D eigenvalue weighted by Gasteiger charge is 2.08. The van der Waals surface area contributed by atoms with E-state index in [-0.39, 0.29) is 11.7 Å². The lowest BCUT2D eigenvalue weighted by molar-refractivity contribution is -0.129. The summed E-state index contributed by atoms with van der Waals surface area (Å²) in [5.41, 5.74) is 2.27. The van der Waals surface area contributed by atoms with Gasteiger partial charge in [0.25, 0.3) is 0 Å². The van der Waals surface area contributed by atoms with Crippen molar-refractivity contribution in [3.05, 3.63) is 65.7 Å². The van der Waals surface area contributed by atoms with E-state index in [1.807, 2.05) is 19.2 Å². The number of likely N-dealkylation sites (N-methyl/N-ethyl adjacent to an activating group) is 1. The molecule has 0 saturated heterocycles. The second-order valence-corrected chi connectivity index (χ2v) is 5.80. The topological polar surface area (TPSA) is 45.2 Å². The van der Waals surface area contributed by atoms with Gasteiger partial charge < -0.3 is 10.2 Å². The number of hydrogen-bond donors (Lipinski definition) is 1. The third kappa shape index (κ3) is 6.46. The molecule has 5 heteroatoms. The van der Waals surface area contributed by atoms with E-state index >= 15 is 0 Å². The average molecular weight is 329 g/mol. The van der Waals surface area contributed by atoms with Crippen molar-refractivity contribution in [3.63, 3.8) is 0 Å². The van der Waals surface area contributed by atoms with Crippen molar-refractivity contribution in [2.75, 3.05) is 26.7 Å². The summed E-state index contributed by atoms with van der Waals surface area (Å²) in [6.07, 6.45) is 5.68. The first-order chi connectivity index (χ1) is 11.6. The van der Waals surface area contributed by atoms with Gasteiger partial charge in [-0.15, -0.1) is 0 Å². The lowest BCUT2D eigenvalue weighted by Gasteiger charge is -2.17. The van der Waals surface area contributed by atoms with Crippen molar-refractivity contribution in [2.24, 2.45) is 0 Å². The molecule has 0 atom stereocenters. The molecule has 2 aromatic rings. The van der Waals surface area contributed by atoms with Gasteiger partial charge in [-0.3, -0.25) is 9.78 Å². The van der Waals surface area contributed by atoms with Crippen molar-refractivity contribution < 1.29 is 9.18 Å². The maximum Gasteiger partial charge on any atom is 0.223 e. The molecule has 1 heterocycles. The number of halogens is 1. The molecule has 0 aliphatic rings. The van der Waals surface area contributed by atoms with Crippen LogP contribution in [0.5, 0.6) is 0 Å². The molecule has 0 spiro atoms. The number of carbonyl (C=O) groups is 1. The Labute approximate surface area is 142 Å². The van der Waals surface area contributed by atoms with Gasteiger partial charge in [0.15, 0.2) is 0 Å². The summed E-state index contributed by atoms with van der Waals surface area (Å²) in [4.78, 5) is 17.8. The van der Waals surface area contributed by atoms with Crippen LogP contribution in [0.2, 0.25) is 0 Å². The molecule has 128 valence electrons. The van der Waals surface area contributed by atoms with Crippen LogP contribution >= 0.6 is 0 Å². The highest BCUT2D eigenvalue weighted by molar-refractivity contribution is 5.76. The average Bonchev–Trinajstić information content (AvgIpc) is 2.61. The van der Waals surface area contributed by atoms with Crippen LogP contribution in [0, 0.1) is 5.82 Å². The minimum atomic E-state index is -0.216. The van der Waals surface area contributed by atoms with E-state index in [2.05, 4.69) is 10.3 Å². The van der Waals surface area contributed by atoms with Gasteiger partial charge in [-0.25, -0.2) is 4.39 Å². The Morgan fingerprint density at radius 2 is 1.71 bits per heavy atom. The first-order valence-electron chi connectivity index (χ1n) is 8.23. The summed E-state index contributed by atoms with van der Waals surface area (Å²) in [5, 5.41) is 3.26. The molecule has 24 heavy (non-hydrogen) atoms. The van der Waals surface area contributed by atoms with E-state index in [0.717, 1.165) is 24.9 Å². The summed E-state index contributed by atoms with van der Waals surface area (Å²) >= 11 is 0. The van der Waals surface area contributed by atoms with Crippen LogP contribution in [0.1, 0.15) is 17.5 Å². The zero-order valence-corrected chi connectivity index (χ0v) is 14.0. The summed E-state index contributed by atoms with van der Waals surface area (Å²) in [7, 11) is 1.84. The summed E-state index contributed by atoms with van der Waals surface area (Å²) in [6, 6.07) is 10.4. The van der Waals surface area contributed by atoms with Crippen molar-refractivity contribution in [1.29, 1.82) is 0 Å². The van der Waals surface area contributed by atoms with E-state index in [1.54, 1.807) is 29.4 Å². The Hall–Kier alpha value is -2.27. The fourth-order valence-electron chi connectivity index (χ4n) is 2.37. The Morgan fingerprint density at radius 3 is 2.42 bits per heavy atom. The lowest BCUT2D eigenvalue weighted by atomic mass is 10.1. The number of carbonyl (C=O) groups excluding carboxylic acids is 1. The monoisotopic (exact) mass is 329 g/mol. The SMILES string of the molecule is CN(CCc1ccncc1)C(=O)CCNCCc1ccc(F)cc1. The number of amides is 1. The minimum Gasteiger partial charge on any atom is -0.345 e. The second-order valence-electron chi connectivity index (χ2n) is 5.80. The standard InChI is InChI=1S/C19H24FN3O/c1-23(15-10-17-7-12-21-13-8-17)19(24)9-14-22-11-6-16-2-4-18(20)5-3-16/h2-5,7-8,12-13,22H,6,9-11,14-15H2,1H3. The predicted molar refractivity (Wildman–Crippen MR) is 93.2 cm³/mol. The van der Waals surface area contributed by atoms with E-state index < -0.39 is 0 Å². The van der Waals surface area contributed by atoms with E-state index in [0.29, 0.717) is 19.5 Å². The quantitative estimate of drug-likeness (QED) is 0.719. The van der Waals surface area contributed by atoms with Gasteiger partial charge in [-0.2, -0.15) is 0 Å². The summed E-state index contributed by atoms with van der Waals surface area (Å²) < 4.78 is 12.8. The van der Waals surface area contributed by atoms with E-state index in [4.69, 9.17) is 0 Å². The molecule has 1 aromatic heterocycles. The molecule has 4 nitrogen and oxygen atoms in total. The fourth-order valence-corrected chi connectivity index (χ4v) is 2.37. The first-order valence-corrected chi connectivity index (χ1v) is 8.23. The molecule has 0 aliphatic carbocycles. The van der Waals surface area contributed by atoms with Crippen LogP contribution < -0.4 is 5.32 Å². The predicted octanol–water partition coefficient (Wildman–Crippen LogP) is 2.44. The highest BCUT2D eigenvalue weighted by atomic mass is 19.1. The van der Waals surface area contributed by atoms with Gasteiger partial charge in [0.05, 0.1) is 0 Å². The molecule has 0 bridgehead atoms. The van der Waals surface area contributed by atoms with Crippen LogP contribution in [0.3, 0.4) is 0 Å². The van der Waals surface area contributed by atoms with Gasteiger partial charge in [0.2, 0.25) is 5.91 Å². The zero-order chi connectivity index (χ0) is 17.2. The van der Waals surface area contributed by atoms with Crippen molar-refractivity contribution in [3.8, 4) is 0 Å². The molecule has 0 saturated carbocycles. The van der Waals surface area contributed by atoms with Crippen molar-refractivity contribution in [2.45, 2.75) is 19.3 Å². The Morgan fingerprint density at radius 1 is 1.04 bits per heavy atom. The molecule has 2 rings (SSSR count). The number of nitrogens with zero attached hydrogens (tertiary/aromatic N) is 2. The number of nitrogens with one attached hydrogen (secondary N) is 1. The molecular formula is C19H24FN3O. The molecular weight excluding hydrogens is 305 g/mol. The fraction of sp³-hybridized carbons (Fsp3) is 0.368. The number of aromatic nitrogens is 1. The molecule has 0 unspecified atom stereocenters. The van der Waals surface area contributed by atoms with E-state index in [9.17, 15) is 9.18 Å². The van der Waals surface area contributed by atoms with E-state index in [1.165, 1.54) is 17.7 Å². The Kier molecular flexibility index (Phi) is 7.36. The maximum absolute atomic E-state index is 12.8. The molecule has 0 fully saturated rings. The molecule has 1 aromatic carbocycles. The number of pyridine rings is 1. The smallest absolute Gasteiger partial charge is 0.223 e. The second kappa shape index (κ2) is 9.78. The third-order valence-corrected chi connectivity index (χ3v) is 3.93. The number of benzene rings is 1. The normalized spacial score (nSPS) is 10.6. The Balaban J connectivity index is 1.57. The first kappa shape index (κ1) is 18.1. The summed E-state index contributed by atoms with van der Waals surface area (Å²) in [6.45, 7) is 2.14.